The molecule has 0 saturated carbocycles. The van der Waals surface area contributed by atoms with Gasteiger partial charge >= 0.3 is 0 Å². The van der Waals surface area contributed by atoms with Gasteiger partial charge in [0.25, 0.3) is 0 Å². The maximum absolute atomic E-state index is 10.2. The van der Waals surface area contributed by atoms with Crippen molar-refractivity contribution in [3.05, 3.63) is 47.3 Å². The van der Waals surface area contributed by atoms with E-state index in [4.69, 9.17) is 4.98 Å². The van der Waals surface area contributed by atoms with Crippen LogP contribution >= 0.6 is 0 Å². The number of unbranched alkanes of at least 4 members (excludes halogenated alkanes) is 5. The first kappa shape index (κ1) is 34.3. The Kier molecular flexibility index (Phi) is 17.8. The zero-order valence-electron chi connectivity index (χ0n) is 25.8. The van der Waals surface area contributed by atoms with Gasteiger partial charge in [-0.05, 0) is 83.4 Å². The molecular weight excluding hydrogens is 482 g/mol. The zero-order valence-corrected chi connectivity index (χ0v) is 25.8. The van der Waals surface area contributed by atoms with Crippen LogP contribution in [0.4, 0.5) is 5.69 Å². The second-order valence-electron chi connectivity index (χ2n) is 10.9. The van der Waals surface area contributed by atoms with E-state index >= 15 is 0 Å². The van der Waals surface area contributed by atoms with Crippen molar-refractivity contribution >= 4 is 28.2 Å². The van der Waals surface area contributed by atoms with Gasteiger partial charge in [0.15, 0.2) is 0 Å². The molecule has 1 heterocycles. The molecule has 0 unspecified atom stereocenters. The molecule has 2 aromatic rings. The van der Waals surface area contributed by atoms with Gasteiger partial charge in [0.2, 0.25) is 0 Å². The molecule has 1 aromatic heterocycles. The first-order valence-corrected chi connectivity index (χ1v) is 15.2. The number of benzene rings is 1. The summed E-state index contributed by atoms with van der Waals surface area (Å²) in [5, 5.41) is 8.39. The number of rotatable bonds is 14. The molecule has 3 rings (SSSR count). The van der Waals surface area contributed by atoms with Crippen molar-refractivity contribution in [2.45, 2.75) is 125 Å². The van der Waals surface area contributed by atoms with Crippen molar-refractivity contribution in [2.75, 3.05) is 18.4 Å². The summed E-state index contributed by atoms with van der Waals surface area (Å²) in [7, 11) is 0. The Balaban J connectivity index is 0.000000532. The molecule has 5 nitrogen and oxygen atoms in total. The van der Waals surface area contributed by atoms with Crippen molar-refractivity contribution in [2.24, 2.45) is 0 Å². The number of carbonyl (C=O) groups excluding carboxylic acids is 2. The number of hydrogen-bond donors (Lipinski definition) is 2. The van der Waals surface area contributed by atoms with Gasteiger partial charge in [-0.15, -0.1) is 0 Å². The summed E-state index contributed by atoms with van der Waals surface area (Å²) in [6.07, 6.45) is 14.7. The molecular formula is C34H55N3O2. The van der Waals surface area contributed by atoms with Crippen LogP contribution in [0.3, 0.4) is 0 Å². The average molecular weight is 538 g/mol. The van der Waals surface area contributed by atoms with Gasteiger partial charge in [-0.3, -0.25) is 4.98 Å². The number of hydrogen-bond acceptors (Lipinski definition) is 5. The summed E-state index contributed by atoms with van der Waals surface area (Å²) < 4.78 is 0. The van der Waals surface area contributed by atoms with Gasteiger partial charge in [0.05, 0.1) is 5.52 Å². The Morgan fingerprint density at radius 1 is 0.872 bits per heavy atom. The van der Waals surface area contributed by atoms with E-state index in [1.165, 1.54) is 106 Å². The topological polar surface area (TPSA) is 71.1 Å². The van der Waals surface area contributed by atoms with Crippen LogP contribution in [0.25, 0.3) is 10.9 Å². The Labute approximate surface area is 238 Å². The minimum atomic E-state index is 0.0835. The number of aryl methyl sites for hydroxylation is 2. The van der Waals surface area contributed by atoms with E-state index in [0.29, 0.717) is 12.8 Å². The van der Waals surface area contributed by atoms with Crippen LogP contribution in [0.1, 0.15) is 122 Å². The fourth-order valence-electron chi connectivity index (χ4n) is 4.39. The number of ketones is 2. The SMILES string of the molecule is C=C(C)NCCCCCCCNc1c2c(nc3cc(C)ccc13)CCCC2.CC(=O)CCC(C)=O.CCCC. The zero-order chi connectivity index (χ0) is 29.0. The number of anilines is 1. The predicted molar refractivity (Wildman–Crippen MR) is 169 cm³/mol. The quantitative estimate of drug-likeness (QED) is 0.236. The number of allylic oxidation sites excluding steroid dienone is 1. The molecule has 0 amide bonds. The number of nitrogens with one attached hydrogen (secondary N) is 2. The Hall–Kier alpha value is -2.69. The molecule has 5 heteroatoms. The first-order chi connectivity index (χ1) is 18.7. The molecule has 0 radical (unpaired) electrons. The van der Waals surface area contributed by atoms with Gasteiger partial charge in [-0.25, -0.2) is 0 Å². The monoisotopic (exact) mass is 537 g/mol. The first-order valence-electron chi connectivity index (χ1n) is 15.2. The normalized spacial score (nSPS) is 11.8. The molecule has 1 aliphatic carbocycles. The molecule has 39 heavy (non-hydrogen) atoms. The number of fused-ring (bicyclic) bond motifs is 2. The van der Waals surface area contributed by atoms with E-state index in [9.17, 15) is 9.59 Å². The molecule has 0 atom stereocenters. The van der Waals surface area contributed by atoms with Crippen LogP contribution in [0.2, 0.25) is 0 Å². The summed E-state index contributed by atoms with van der Waals surface area (Å²) >= 11 is 0. The van der Waals surface area contributed by atoms with Gasteiger partial charge < -0.3 is 20.2 Å². The van der Waals surface area contributed by atoms with Crippen molar-refractivity contribution in [1.29, 1.82) is 0 Å². The number of pyridine rings is 1. The molecule has 0 saturated heterocycles. The third-order valence-electron chi connectivity index (χ3n) is 6.83. The Morgan fingerprint density at radius 2 is 1.46 bits per heavy atom. The molecule has 0 bridgehead atoms. The number of Topliss-reactive ketones (excluding diaryl/α,β-unsaturated/α-hetero) is 2. The fourth-order valence-corrected chi connectivity index (χ4v) is 4.39. The smallest absolute Gasteiger partial charge is 0.130 e. The van der Waals surface area contributed by atoms with Crippen LogP contribution in [0.5, 0.6) is 0 Å². The summed E-state index contributed by atoms with van der Waals surface area (Å²) in [5.41, 5.74) is 7.68. The Morgan fingerprint density at radius 3 is 2.05 bits per heavy atom. The predicted octanol–water partition coefficient (Wildman–Crippen LogP) is 8.66. The highest BCUT2D eigenvalue weighted by Crippen LogP contribution is 2.33. The van der Waals surface area contributed by atoms with Gasteiger partial charge in [-0.1, -0.05) is 64.7 Å². The maximum Gasteiger partial charge on any atom is 0.130 e. The van der Waals surface area contributed by atoms with Crippen molar-refractivity contribution in [3.63, 3.8) is 0 Å². The summed E-state index contributed by atoms with van der Waals surface area (Å²) in [6.45, 7) is 17.5. The van der Waals surface area contributed by atoms with E-state index in [1.807, 2.05) is 6.92 Å². The van der Waals surface area contributed by atoms with E-state index in [1.54, 1.807) is 0 Å². The molecule has 0 aliphatic heterocycles. The second-order valence-corrected chi connectivity index (χ2v) is 10.9. The molecule has 1 aliphatic rings. The van der Waals surface area contributed by atoms with Crippen LogP contribution in [0.15, 0.2) is 30.5 Å². The summed E-state index contributed by atoms with van der Waals surface area (Å²) in [5.74, 6) is 0.167. The minimum absolute atomic E-state index is 0.0835. The largest absolute Gasteiger partial charge is 0.389 e. The average Bonchev–Trinajstić information content (AvgIpc) is 2.90. The standard InChI is InChI=1S/C24H35N3.C6H10O2.C4H10/c1-18(2)25-15-9-5-4-6-10-16-26-24-20-11-7-8-12-22(20)27-23-17-19(3)13-14-21(23)24;1-5(7)3-4-6(2)8;1-3-4-2/h13-14,17,25H,1,4-12,15-16H2,2-3H3,(H,26,27);3-4H2,1-2H3;3-4H2,1-2H3. The lowest BCUT2D eigenvalue weighted by atomic mass is 9.92. The lowest BCUT2D eigenvalue weighted by molar-refractivity contribution is -0.122. The lowest BCUT2D eigenvalue weighted by Crippen LogP contribution is -2.12. The number of carbonyl (C=O) groups is 2. The number of nitrogens with zero attached hydrogens (tertiary/aromatic N) is 1. The second kappa shape index (κ2) is 20.2. The van der Waals surface area contributed by atoms with Crippen LogP contribution in [0, 0.1) is 6.92 Å². The van der Waals surface area contributed by atoms with Crippen molar-refractivity contribution < 1.29 is 9.59 Å². The van der Waals surface area contributed by atoms with Gasteiger partial charge in [0, 0.05) is 48.4 Å². The fraction of sp³-hybridized carbons (Fsp3) is 0.618. The third-order valence-corrected chi connectivity index (χ3v) is 6.83. The van der Waals surface area contributed by atoms with E-state index in [2.05, 4.69) is 56.2 Å². The highest BCUT2D eigenvalue weighted by atomic mass is 16.1. The lowest BCUT2D eigenvalue weighted by Gasteiger charge is -2.22. The van der Waals surface area contributed by atoms with E-state index in [-0.39, 0.29) is 11.6 Å². The minimum Gasteiger partial charge on any atom is -0.389 e. The van der Waals surface area contributed by atoms with Gasteiger partial charge in [0.1, 0.15) is 11.6 Å². The van der Waals surface area contributed by atoms with Crippen molar-refractivity contribution in [1.82, 2.24) is 10.3 Å². The third kappa shape index (κ3) is 14.9. The van der Waals surface area contributed by atoms with Crippen LogP contribution < -0.4 is 10.6 Å². The molecule has 218 valence electrons. The molecule has 0 fully saturated rings. The maximum atomic E-state index is 10.2. The van der Waals surface area contributed by atoms with Crippen LogP contribution in [-0.4, -0.2) is 29.6 Å². The van der Waals surface area contributed by atoms with E-state index in [0.717, 1.165) is 30.7 Å². The van der Waals surface area contributed by atoms with Crippen LogP contribution in [-0.2, 0) is 22.4 Å². The highest BCUT2D eigenvalue weighted by molar-refractivity contribution is 5.94. The highest BCUT2D eigenvalue weighted by Gasteiger charge is 2.18. The summed E-state index contributed by atoms with van der Waals surface area (Å²) in [6, 6.07) is 6.70. The van der Waals surface area contributed by atoms with Gasteiger partial charge in [-0.2, -0.15) is 0 Å². The summed E-state index contributed by atoms with van der Waals surface area (Å²) in [4.78, 5) is 25.4. The molecule has 0 spiro atoms. The molecule has 2 N–H and O–H groups in total. The van der Waals surface area contributed by atoms with Crippen molar-refractivity contribution in [3.8, 4) is 0 Å². The Bertz CT molecular complexity index is 1010. The van der Waals surface area contributed by atoms with E-state index < -0.39 is 0 Å². The number of aromatic nitrogens is 1. The molecule has 1 aromatic carbocycles.